The molecule has 19 heavy (non-hydrogen) atoms. The lowest BCUT2D eigenvalue weighted by Gasteiger charge is -2.29. The molecule has 1 aliphatic rings. The molecule has 0 aliphatic heterocycles. The molecule has 1 aromatic carbocycles. The largest absolute Gasteiger partial charge is 0.481 e. The summed E-state index contributed by atoms with van der Waals surface area (Å²) in [5.41, 5.74) is 0.267. The number of nitrogens with zero attached hydrogens (tertiary/aromatic N) is 1. The highest BCUT2D eigenvalue weighted by molar-refractivity contribution is 5.75. The zero-order valence-electron chi connectivity index (χ0n) is 11.2. The van der Waals surface area contributed by atoms with Crippen LogP contribution in [0.1, 0.15) is 31.2 Å². The van der Waals surface area contributed by atoms with Gasteiger partial charge in [-0.15, -0.1) is 0 Å². The zero-order valence-corrected chi connectivity index (χ0v) is 11.2. The Morgan fingerprint density at radius 2 is 2.11 bits per heavy atom. The van der Waals surface area contributed by atoms with Gasteiger partial charge in [-0.3, -0.25) is 4.79 Å². The highest BCUT2D eigenvalue weighted by Crippen LogP contribution is 2.39. The molecule has 0 aromatic heterocycles. The normalized spacial score (nSPS) is 17.8. The number of aliphatic carboxylic acids is 1. The maximum absolute atomic E-state index is 13.1. The molecule has 0 unspecified atom stereocenters. The van der Waals surface area contributed by atoms with Crippen LogP contribution in [0.4, 0.5) is 4.39 Å². The van der Waals surface area contributed by atoms with Crippen LogP contribution in [0.3, 0.4) is 0 Å². The van der Waals surface area contributed by atoms with E-state index in [2.05, 4.69) is 0 Å². The maximum atomic E-state index is 13.1. The van der Waals surface area contributed by atoms with Crippen LogP contribution in [0.25, 0.3) is 0 Å². The van der Waals surface area contributed by atoms with Crippen LogP contribution in [0.15, 0.2) is 24.3 Å². The van der Waals surface area contributed by atoms with E-state index in [0.29, 0.717) is 13.1 Å². The van der Waals surface area contributed by atoms with Gasteiger partial charge in [0.1, 0.15) is 5.82 Å². The molecule has 4 heteroatoms. The predicted octanol–water partition coefficient (Wildman–Crippen LogP) is 2.90. The average Bonchev–Trinajstić information content (AvgIpc) is 2.78. The Hall–Kier alpha value is -1.42. The fourth-order valence-electron chi connectivity index (χ4n) is 3.01. The van der Waals surface area contributed by atoms with E-state index in [-0.39, 0.29) is 5.82 Å². The van der Waals surface area contributed by atoms with E-state index < -0.39 is 11.4 Å². The minimum Gasteiger partial charge on any atom is -0.481 e. The van der Waals surface area contributed by atoms with Crippen molar-refractivity contribution in [3.8, 4) is 0 Å². The smallest absolute Gasteiger partial charge is 0.310 e. The van der Waals surface area contributed by atoms with Gasteiger partial charge in [0.05, 0.1) is 5.41 Å². The standard InChI is InChI=1S/C15H20FNO2/c1-17(10-12-5-4-6-13(16)9-12)11-15(14(18)19)7-2-3-8-15/h4-6,9H,2-3,7-8,10-11H2,1H3,(H,18,19). The second-order valence-electron chi connectivity index (χ2n) is 5.59. The fourth-order valence-corrected chi connectivity index (χ4v) is 3.01. The first-order valence-electron chi connectivity index (χ1n) is 6.68. The Labute approximate surface area is 113 Å². The predicted molar refractivity (Wildman–Crippen MR) is 71.3 cm³/mol. The Balaban J connectivity index is 2.00. The molecule has 0 spiro atoms. The fraction of sp³-hybridized carbons (Fsp3) is 0.533. The van der Waals surface area contributed by atoms with Crippen molar-refractivity contribution >= 4 is 5.97 Å². The molecule has 0 saturated heterocycles. The van der Waals surface area contributed by atoms with Crippen LogP contribution in [0.2, 0.25) is 0 Å². The van der Waals surface area contributed by atoms with Crippen LogP contribution in [0.5, 0.6) is 0 Å². The summed E-state index contributed by atoms with van der Waals surface area (Å²) in [5, 5.41) is 9.44. The molecule has 0 heterocycles. The Morgan fingerprint density at radius 3 is 2.68 bits per heavy atom. The summed E-state index contributed by atoms with van der Waals surface area (Å²) in [7, 11) is 1.90. The number of carbonyl (C=O) groups is 1. The average molecular weight is 265 g/mol. The third-order valence-corrected chi connectivity index (χ3v) is 3.93. The molecule has 104 valence electrons. The van der Waals surface area contributed by atoms with Gasteiger partial charge in [-0.25, -0.2) is 4.39 Å². The highest BCUT2D eigenvalue weighted by Gasteiger charge is 2.41. The number of rotatable bonds is 5. The molecule has 0 radical (unpaired) electrons. The van der Waals surface area contributed by atoms with Crippen molar-refractivity contribution in [3.05, 3.63) is 35.6 Å². The molecule has 1 fully saturated rings. The van der Waals surface area contributed by atoms with E-state index in [4.69, 9.17) is 0 Å². The SMILES string of the molecule is CN(Cc1cccc(F)c1)CC1(C(=O)O)CCCC1. The van der Waals surface area contributed by atoms with Gasteiger partial charge in [-0.05, 0) is 37.6 Å². The van der Waals surface area contributed by atoms with E-state index in [9.17, 15) is 14.3 Å². The van der Waals surface area contributed by atoms with Crippen molar-refractivity contribution in [2.45, 2.75) is 32.2 Å². The van der Waals surface area contributed by atoms with E-state index >= 15 is 0 Å². The van der Waals surface area contributed by atoms with Gasteiger partial charge in [-0.1, -0.05) is 25.0 Å². The summed E-state index contributed by atoms with van der Waals surface area (Å²) in [6, 6.07) is 6.46. The molecule has 1 N–H and O–H groups in total. The molecule has 1 saturated carbocycles. The van der Waals surface area contributed by atoms with Crippen LogP contribution in [0, 0.1) is 11.2 Å². The Kier molecular flexibility index (Phi) is 4.20. The van der Waals surface area contributed by atoms with E-state index in [0.717, 1.165) is 31.2 Å². The first-order chi connectivity index (χ1) is 9.02. The zero-order chi connectivity index (χ0) is 13.9. The van der Waals surface area contributed by atoms with Crippen molar-refractivity contribution in [2.75, 3.05) is 13.6 Å². The summed E-state index contributed by atoms with van der Waals surface area (Å²) in [4.78, 5) is 13.5. The number of hydrogen-bond donors (Lipinski definition) is 1. The quantitative estimate of drug-likeness (QED) is 0.890. The Bertz CT molecular complexity index is 455. The number of hydrogen-bond acceptors (Lipinski definition) is 2. The minimum atomic E-state index is -0.698. The molecule has 3 nitrogen and oxygen atoms in total. The van der Waals surface area contributed by atoms with E-state index in [1.165, 1.54) is 12.1 Å². The van der Waals surface area contributed by atoms with E-state index in [1.807, 2.05) is 18.0 Å². The van der Waals surface area contributed by atoms with Crippen LogP contribution >= 0.6 is 0 Å². The number of benzene rings is 1. The monoisotopic (exact) mass is 265 g/mol. The number of carboxylic acids is 1. The van der Waals surface area contributed by atoms with Crippen molar-refractivity contribution in [1.82, 2.24) is 4.90 Å². The Morgan fingerprint density at radius 1 is 1.42 bits per heavy atom. The second-order valence-corrected chi connectivity index (χ2v) is 5.59. The topological polar surface area (TPSA) is 40.5 Å². The van der Waals surface area contributed by atoms with Gasteiger partial charge in [0, 0.05) is 13.1 Å². The van der Waals surface area contributed by atoms with Crippen LogP contribution in [-0.4, -0.2) is 29.6 Å². The molecular weight excluding hydrogens is 245 g/mol. The molecular formula is C15H20FNO2. The van der Waals surface area contributed by atoms with Gasteiger partial charge >= 0.3 is 5.97 Å². The maximum Gasteiger partial charge on any atom is 0.310 e. The molecule has 0 atom stereocenters. The first-order valence-corrected chi connectivity index (χ1v) is 6.68. The minimum absolute atomic E-state index is 0.250. The summed E-state index contributed by atoms with van der Waals surface area (Å²) in [6.45, 7) is 1.10. The third-order valence-electron chi connectivity index (χ3n) is 3.93. The highest BCUT2D eigenvalue weighted by atomic mass is 19.1. The summed E-state index contributed by atoms with van der Waals surface area (Å²) in [6.07, 6.45) is 3.46. The van der Waals surface area contributed by atoms with Crippen LogP contribution < -0.4 is 0 Å². The molecule has 0 amide bonds. The summed E-state index contributed by atoms with van der Waals surface area (Å²) >= 11 is 0. The van der Waals surface area contributed by atoms with Crippen molar-refractivity contribution in [1.29, 1.82) is 0 Å². The van der Waals surface area contributed by atoms with Gasteiger partial charge < -0.3 is 10.0 Å². The van der Waals surface area contributed by atoms with Crippen molar-refractivity contribution in [3.63, 3.8) is 0 Å². The number of halogens is 1. The van der Waals surface area contributed by atoms with Crippen molar-refractivity contribution in [2.24, 2.45) is 5.41 Å². The molecule has 1 aliphatic carbocycles. The second kappa shape index (κ2) is 5.70. The molecule has 1 aromatic rings. The lowest BCUT2D eigenvalue weighted by Crippen LogP contribution is -2.39. The third kappa shape index (κ3) is 3.32. The van der Waals surface area contributed by atoms with Crippen molar-refractivity contribution < 1.29 is 14.3 Å². The lowest BCUT2D eigenvalue weighted by atomic mass is 9.85. The lowest BCUT2D eigenvalue weighted by molar-refractivity contribution is -0.149. The summed E-state index contributed by atoms with van der Waals surface area (Å²) in [5.74, 6) is -0.948. The van der Waals surface area contributed by atoms with Gasteiger partial charge in [-0.2, -0.15) is 0 Å². The first kappa shape index (κ1) is 14.0. The van der Waals surface area contributed by atoms with Gasteiger partial charge in [0.15, 0.2) is 0 Å². The van der Waals surface area contributed by atoms with Crippen LogP contribution in [-0.2, 0) is 11.3 Å². The van der Waals surface area contributed by atoms with E-state index in [1.54, 1.807) is 6.07 Å². The van der Waals surface area contributed by atoms with Gasteiger partial charge in [0.2, 0.25) is 0 Å². The molecule has 2 rings (SSSR count). The van der Waals surface area contributed by atoms with Gasteiger partial charge in [0.25, 0.3) is 0 Å². The molecule has 0 bridgehead atoms. The summed E-state index contributed by atoms with van der Waals surface area (Å²) < 4.78 is 13.1. The number of carboxylic acid groups (broad SMARTS) is 1.